The van der Waals surface area contributed by atoms with Gasteiger partial charge in [0.2, 0.25) is 0 Å². The Morgan fingerprint density at radius 2 is 1.14 bits per heavy atom. The third-order valence-corrected chi connectivity index (χ3v) is 8.84. The van der Waals surface area contributed by atoms with E-state index < -0.39 is 56.7 Å². The molecule has 0 aliphatic rings. The van der Waals surface area contributed by atoms with Gasteiger partial charge >= 0.3 is 0 Å². The van der Waals surface area contributed by atoms with E-state index in [4.69, 9.17) is 9.47 Å². The second-order valence-corrected chi connectivity index (χ2v) is 10.6. The highest BCUT2D eigenvalue weighted by molar-refractivity contribution is 8.10. The lowest BCUT2D eigenvalue weighted by molar-refractivity contribution is -0.385. The fourth-order valence-corrected chi connectivity index (χ4v) is 6.81. The molecule has 0 aliphatic heterocycles. The van der Waals surface area contributed by atoms with Gasteiger partial charge < -0.3 is 9.47 Å². The van der Waals surface area contributed by atoms with Crippen molar-refractivity contribution < 1.29 is 36.2 Å². The largest absolute Gasteiger partial charge is 0.493 e. The van der Waals surface area contributed by atoms with Gasteiger partial charge in [0, 0.05) is 30.3 Å². The van der Waals surface area contributed by atoms with E-state index in [0.29, 0.717) is 12.1 Å². The molecule has 0 fully saturated rings. The zero-order valence-corrected chi connectivity index (χ0v) is 19.7. The molecule has 3 rings (SSSR count). The Labute approximate surface area is 199 Å². The lowest BCUT2D eigenvalue weighted by atomic mass is 10.3. The molecule has 184 valence electrons. The standard InChI is InChI=1S/C20H17N3O10S2/c1-32-19-10-9-16(13-20(19)33-2)23(34(28,29)17-7-3-5-14(11-17)21(24)25)35(30,31)18-8-4-6-15(12-18)22(26)27/h3-13H,1-2H3. The summed E-state index contributed by atoms with van der Waals surface area (Å²) < 4.78 is 64.8. The summed E-state index contributed by atoms with van der Waals surface area (Å²) in [5, 5.41) is 22.4. The number of nitro groups is 2. The third kappa shape index (κ3) is 4.85. The number of nitro benzene ring substituents is 2. The summed E-state index contributed by atoms with van der Waals surface area (Å²) >= 11 is 0. The number of nitrogens with zero attached hydrogens (tertiary/aromatic N) is 3. The second-order valence-electron chi connectivity index (χ2n) is 6.76. The molecule has 15 heteroatoms. The molecule has 0 atom stereocenters. The average molecular weight is 524 g/mol. The van der Waals surface area contributed by atoms with Gasteiger partial charge in [-0.1, -0.05) is 12.1 Å². The van der Waals surface area contributed by atoms with Crippen molar-refractivity contribution in [3.63, 3.8) is 0 Å². The first-order valence-corrected chi connectivity index (χ1v) is 12.3. The van der Waals surface area contributed by atoms with Crippen molar-refractivity contribution in [1.29, 1.82) is 0 Å². The number of sulfonamides is 2. The highest BCUT2D eigenvalue weighted by atomic mass is 32.3. The van der Waals surface area contributed by atoms with E-state index in [9.17, 15) is 37.1 Å². The molecule has 0 saturated carbocycles. The van der Waals surface area contributed by atoms with E-state index in [0.717, 1.165) is 48.5 Å². The number of rotatable bonds is 9. The molecule has 0 aliphatic carbocycles. The molecule has 0 unspecified atom stereocenters. The molecule has 0 bridgehead atoms. The minimum atomic E-state index is -5.02. The van der Waals surface area contributed by atoms with E-state index in [1.807, 2.05) is 0 Å². The molecule has 0 aromatic heterocycles. The maximum absolute atomic E-state index is 13.6. The normalized spacial score (nSPS) is 11.5. The molecule has 0 radical (unpaired) electrons. The van der Waals surface area contributed by atoms with E-state index >= 15 is 0 Å². The molecule has 3 aromatic carbocycles. The van der Waals surface area contributed by atoms with Crippen LogP contribution >= 0.6 is 0 Å². The number of anilines is 1. The van der Waals surface area contributed by atoms with Crippen LogP contribution in [0.1, 0.15) is 0 Å². The quantitative estimate of drug-likeness (QED) is 0.299. The summed E-state index contributed by atoms with van der Waals surface area (Å²) in [7, 11) is -7.48. The Bertz CT molecular complexity index is 1430. The van der Waals surface area contributed by atoms with Crippen LogP contribution in [0, 0.1) is 20.2 Å². The fourth-order valence-electron chi connectivity index (χ4n) is 3.05. The number of hydrogen-bond acceptors (Lipinski definition) is 10. The third-order valence-electron chi connectivity index (χ3n) is 4.67. The predicted octanol–water partition coefficient (Wildman–Crippen LogP) is 3.10. The van der Waals surface area contributed by atoms with Crippen LogP contribution in [0.25, 0.3) is 0 Å². The zero-order chi connectivity index (χ0) is 26.0. The van der Waals surface area contributed by atoms with Crippen molar-refractivity contribution in [3.8, 4) is 11.5 Å². The van der Waals surface area contributed by atoms with Crippen LogP contribution in [-0.2, 0) is 20.0 Å². The minimum Gasteiger partial charge on any atom is -0.493 e. The van der Waals surface area contributed by atoms with Crippen LogP contribution in [0.4, 0.5) is 17.1 Å². The molecule has 0 saturated heterocycles. The summed E-state index contributed by atoms with van der Waals surface area (Å²) in [6.45, 7) is 0. The summed E-state index contributed by atoms with van der Waals surface area (Å²) in [6, 6.07) is 11.1. The molecule has 3 aromatic rings. The molecular weight excluding hydrogens is 506 g/mol. The topological polar surface area (TPSA) is 176 Å². The second kappa shape index (κ2) is 9.55. The Balaban J connectivity index is 2.34. The highest BCUT2D eigenvalue weighted by Crippen LogP contribution is 2.37. The Morgan fingerprint density at radius 1 is 0.686 bits per heavy atom. The minimum absolute atomic E-state index is 0.0153. The van der Waals surface area contributed by atoms with Gasteiger partial charge in [0.05, 0.1) is 39.5 Å². The van der Waals surface area contributed by atoms with Crippen LogP contribution in [0.3, 0.4) is 0 Å². The van der Waals surface area contributed by atoms with E-state index in [-0.39, 0.29) is 15.2 Å². The number of hydrogen-bond donors (Lipinski definition) is 0. The van der Waals surface area contributed by atoms with Crippen LogP contribution in [-0.4, -0.2) is 40.9 Å². The molecule has 0 N–H and O–H groups in total. The van der Waals surface area contributed by atoms with Gasteiger partial charge in [0.15, 0.2) is 11.5 Å². The number of ether oxygens (including phenoxy) is 2. The highest BCUT2D eigenvalue weighted by Gasteiger charge is 2.38. The molecule has 35 heavy (non-hydrogen) atoms. The van der Waals surface area contributed by atoms with Crippen molar-refractivity contribution in [2.24, 2.45) is 0 Å². The SMILES string of the molecule is COc1ccc(N(S(=O)(=O)c2cccc([N+](=O)[O-])c2)S(=O)(=O)c2cccc([N+](=O)[O-])c2)cc1OC. The number of non-ortho nitro benzene ring substituents is 2. The van der Waals surface area contributed by atoms with E-state index in [1.54, 1.807) is 0 Å². The van der Waals surface area contributed by atoms with Crippen LogP contribution < -0.4 is 13.2 Å². The lowest BCUT2D eigenvalue weighted by Crippen LogP contribution is -2.37. The van der Waals surface area contributed by atoms with Crippen LogP contribution in [0.2, 0.25) is 0 Å². The van der Waals surface area contributed by atoms with Gasteiger partial charge in [-0.05, 0) is 24.3 Å². The molecule has 0 heterocycles. The Morgan fingerprint density at radius 3 is 1.54 bits per heavy atom. The summed E-state index contributed by atoms with van der Waals surface area (Å²) in [5.74, 6) is 0.148. The first-order chi connectivity index (χ1) is 16.4. The van der Waals surface area contributed by atoms with E-state index in [1.165, 1.54) is 20.3 Å². The first kappa shape index (κ1) is 25.4. The Hall–Kier alpha value is -4.24. The Kier molecular flexibility index (Phi) is 6.93. The zero-order valence-electron chi connectivity index (χ0n) is 18.1. The average Bonchev–Trinajstić information content (AvgIpc) is 2.83. The van der Waals surface area contributed by atoms with Gasteiger partial charge in [-0.25, -0.2) is 16.8 Å². The van der Waals surface area contributed by atoms with E-state index in [2.05, 4.69) is 0 Å². The van der Waals surface area contributed by atoms with Gasteiger partial charge in [-0.2, -0.15) is 3.71 Å². The molecular formula is C20H17N3O10S2. The maximum Gasteiger partial charge on any atom is 0.277 e. The van der Waals surface area contributed by atoms with Gasteiger partial charge in [-0.15, -0.1) is 0 Å². The molecule has 13 nitrogen and oxygen atoms in total. The van der Waals surface area contributed by atoms with Gasteiger partial charge in [0.25, 0.3) is 31.4 Å². The predicted molar refractivity (Wildman–Crippen MR) is 123 cm³/mol. The maximum atomic E-state index is 13.6. The lowest BCUT2D eigenvalue weighted by Gasteiger charge is -2.24. The van der Waals surface area contributed by atoms with Crippen molar-refractivity contribution in [2.75, 3.05) is 17.9 Å². The number of methoxy groups -OCH3 is 2. The summed E-state index contributed by atoms with van der Waals surface area (Å²) in [6.07, 6.45) is 0. The van der Waals surface area contributed by atoms with Crippen LogP contribution in [0.5, 0.6) is 11.5 Å². The van der Waals surface area contributed by atoms with Crippen molar-refractivity contribution in [2.45, 2.75) is 9.79 Å². The summed E-state index contributed by atoms with van der Waals surface area (Å²) in [4.78, 5) is 19.3. The van der Waals surface area contributed by atoms with Crippen LogP contribution in [0.15, 0.2) is 76.5 Å². The van der Waals surface area contributed by atoms with Crippen molar-refractivity contribution in [3.05, 3.63) is 87.0 Å². The monoisotopic (exact) mass is 523 g/mol. The fraction of sp³-hybridized carbons (Fsp3) is 0.100. The smallest absolute Gasteiger partial charge is 0.277 e. The van der Waals surface area contributed by atoms with Gasteiger partial charge in [-0.3, -0.25) is 20.2 Å². The van der Waals surface area contributed by atoms with Crippen molar-refractivity contribution in [1.82, 2.24) is 0 Å². The number of benzene rings is 3. The van der Waals surface area contributed by atoms with Gasteiger partial charge in [0.1, 0.15) is 0 Å². The molecule has 0 amide bonds. The first-order valence-electron chi connectivity index (χ1n) is 9.45. The molecule has 0 spiro atoms. The van der Waals surface area contributed by atoms with Crippen molar-refractivity contribution >= 4 is 37.1 Å². The summed E-state index contributed by atoms with van der Waals surface area (Å²) in [5.41, 5.74) is -1.61.